The maximum Gasteiger partial charge on any atom is 0.158 e. The van der Waals surface area contributed by atoms with Crippen LogP contribution in [0.4, 0.5) is 5.69 Å². The minimum absolute atomic E-state index is 0.144. The van der Waals surface area contributed by atoms with Crippen molar-refractivity contribution in [3.63, 3.8) is 0 Å². The molecule has 21 heavy (non-hydrogen) atoms. The van der Waals surface area contributed by atoms with Crippen LogP contribution in [-0.2, 0) is 4.74 Å². The number of aliphatic hydroxyl groups is 1. The quantitative estimate of drug-likeness (QED) is 0.881. The number of rotatable bonds is 3. The van der Waals surface area contributed by atoms with Crippen LogP contribution in [0.2, 0.25) is 0 Å². The molecule has 1 saturated heterocycles. The third kappa shape index (κ3) is 2.87. The second kappa shape index (κ2) is 6.00. The number of methoxy groups -OCH3 is 1. The fourth-order valence-corrected chi connectivity index (χ4v) is 3.36. The van der Waals surface area contributed by atoms with Gasteiger partial charge >= 0.3 is 0 Å². The SMILES string of the molecule is COC(O)C1CC(C)CN(c2cccc3ncccc23)C1. The van der Waals surface area contributed by atoms with Gasteiger partial charge in [-0.3, -0.25) is 4.98 Å². The maximum atomic E-state index is 10.0. The second-order valence-electron chi connectivity index (χ2n) is 5.98. The van der Waals surface area contributed by atoms with Crippen molar-refractivity contribution in [2.24, 2.45) is 11.8 Å². The normalized spacial score (nSPS) is 24.2. The molecular weight excluding hydrogens is 264 g/mol. The molecule has 1 N–H and O–H groups in total. The molecule has 112 valence electrons. The van der Waals surface area contributed by atoms with Crippen molar-refractivity contribution in [2.45, 2.75) is 19.6 Å². The largest absolute Gasteiger partial charge is 0.370 e. The summed E-state index contributed by atoms with van der Waals surface area (Å²) in [7, 11) is 1.57. The van der Waals surface area contributed by atoms with Crippen molar-refractivity contribution in [3.05, 3.63) is 36.5 Å². The Hall–Kier alpha value is -1.65. The molecule has 3 rings (SSSR count). The number of hydrogen-bond acceptors (Lipinski definition) is 4. The Kier molecular flexibility index (Phi) is 4.08. The van der Waals surface area contributed by atoms with Crippen LogP contribution >= 0.6 is 0 Å². The molecule has 0 saturated carbocycles. The summed E-state index contributed by atoms with van der Waals surface area (Å²) >= 11 is 0. The molecule has 4 nitrogen and oxygen atoms in total. The topological polar surface area (TPSA) is 45.6 Å². The lowest BCUT2D eigenvalue weighted by atomic mass is 9.89. The van der Waals surface area contributed by atoms with Crippen molar-refractivity contribution in [2.75, 3.05) is 25.1 Å². The van der Waals surface area contributed by atoms with E-state index in [0.29, 0.717) is 5.92 Å². The number of aromatic nitrogens is 1. The summed E-state index contributed by atoms with van der Waals surface area (Å²) in [6, 6.07) is 10.3. The van der Waals surface area contributed by atoms with E-state index in [9.17, 15) is 5.11 Å². The molecule has 4 heteroatoms. The average molecular weight is 286 g/mol. The number of aliphatic hydroxyl groups excluding tert-OH is 1. The molecule has 0 amide bonds. The molecule has 0 bridgehead atoms. The Morgan fingerprint density at radius 3 is 2.95 bits per heavy atom. The number of ether oxygens (including phenoxy) is 1. The van der Waals surface area contributed by atoms with E-state index in [2.05, 4.69) is 28.9 Å². The summed E-state index contributed by atoms with van der Waals surface area (Å²) in [6.45, 7) is 4.04. The fourth-order valence-electron chi connectivity index (χ4n) is 3.36. The van der Waals surface area contributed by atoms with Crippen molar-refractivity contribution in [3.8, 4) is 0 Å². The smallest absolute Gasteiger partial charge is 0.158 e. The Morgan fingerprint density at radius 2 is 2.14 bits per heavy atom. The lowest BCUT2D eigenvalue weighted by molar-refractivity contribution is -0.117. The molecule has 2 aromatic rings. The van der Waals surface area contributed by atoms with Crippen LogP contribution in [-0.4, -0.2) is 36.6 Å². The summed E-state index contributed by atoms with van der Waals surface area (Å²) in [5.74, 6) is 0.672. The third-order valence-corrected chi connectivity index (χ3v) is 4.30. The Balaban J connectivity index is 1.94. The van der Waals surface area contributed by atoms with E-state index in [1.54, 1.807) is 7.11 Å². The molecule has 1 fully saturated rings. The number of anilines is 1. The van der Waals surface area contributed by atoms with Crippen molar-refractivity contribution < 1.29 is 9.84 Å². The number of pyridine rings is 1. The zero-order valence-electron chi connectivity index (χ0n) is 12.6. The summed E-state index contributed by atoms with van der Waals surface area (Å²) in [6.07, 6.45) is 2.13. The van der Waals surface area contributed by atoms with Gasteiger partial charge in [0.15, 0.2) is 6.29 Å². The first-order chi connectivity index (χ1) is 10.2. The van der Waals surface area contributed by atoms with Crippen LogP contribution in [0.25, 0.3) is 10.9 Å². The van der Waals surface area contributed by atoms with Gasteiger partial charge in [-0.1, -0.05) is 13.0 Å². The summed E-state index contributed by atoms with van der Waals surface area (Å²) in [5.41, 5.74) is 2.21. The highest BCUT2D eigenvalue weighted by molar-refractivity contribution is 5.91. The molecule has 3 unspecified atom stereocenters. The molecule has 1 aromatic heterocycles. The Labute approximate surface area is 125 Å². The molecule has 0 spiro atoms. The first kappa shape index (κ1) is 14.3. The van der Waals surface area contributed by atoms with Crippen LogP contribution in [0.1, 0.15) is 13.3 Å². The molecule has 2 heterocycles. The van der Waals surface area contributed by atoms with Crippen molar-refractivity contribution in [1.29, 1.82) is 0 Å². The lowest BCUT2D eigenvalue weighted by Gasteiger charge is -2.39. The van der Waals surface area contributed by atoms with Crippen molar-refractivity contribution >= 4 is 16.6 Å². The molecule has 1 aliphatic heterocycles. The first-order valence-corrected chi connectivity index (χ1v) is 7.48. The molecule has 3 atom stereocenters. The van der Waals surface area contributed by atoms with E-state index < -0.39 is 6.29 Å². The molecule has 1 aliphatic rings. The van der Waals surface area contributed by atoms with E-state index in [0.717, 1.165) is 25.0 Å². The zero-order valence-corrected chi connectivity index (χ0v) is 12.6. The van der Waals surface area contributed by atoms with Gasteiger partial charge in [0.05, 0.1) is 5.52 Å². The predicted octanol–water partition coefficient (Wildman–Crippen LogP) is 2.66. The third-order valence-electron chi connectivity index (χ3n) is 4.30. The van der Waals surface area contributed by atoms with Crippen LogP contribution in [0, 0.1) is 11.8 Å². The maximum absolute atomic E-state index is 10.0. The van der Waals surface area contributed by atoms with Crippen molar-refractivity contribution in [1.82, 2.24) is 4.98 Å². The van der Waals surface area contributed by atoms with Gasteiger partial charge in [-0.2, -0.15) is 0 Å². The Bertz CT molecular complexity index is 611. The van der Waals surface area contributed by atoms with Gasteiger partial charge in [-0.05, 0) is 36.6 Å². The number of fused-ring (bicyclic) bond motifs is 1. The van der Waals surface area contributed by atoms with E-state index in [-0.39, 0.29) is 5.92 Å². The van der Waals surface area contributed by atoms with Gasteiger partial charge < -0.3 is 14.7 Å². The van der Waals surface area contributed by atoms with Gasteiger partial charge in [0, 0.05) is 43.4 Å². The number of nitrogens with zero attached hydrogens (tertiary/aromatic N) is 2. The molecule has 1 aromatic carbocycles. The fraction of sp³-hybridized carbons (Fsp3) is 0.471. The van der Waals surface area contributed by atoms with E-state index >= 15 is 0 Å². The first-order valence-electron chi connectivity index (χ1n) is 7.48. The van der Waals surface area contributed by atoms with Crippen LogP contribution in [0.15, 0.2) is 36.5 Å². The highest BCUT2D eigenvalue weighted by Crippen LogP contribution is 2.32. The van der Waals surface area contributed by atoms with Crippen LogP contribution < -0.4 is 4.90 Å². The lowest BCUT2D eigenvalue weighted by Crippen LogP contribution is -2.44. The summed E-state index contributed by atoms with van der Waals surface area (Å²) in [5, 5.41) is 11.2. The highest BCUT2D eigenvalue weighted by Gasteiger charge is 2.30. The minimum atomic E-state index is -0.691. The standard InChI is InChI=1S/C17H22N2O2/c1-12-9-13(17(20)21-2)11-19(10-12)16-7-3-6-15-14(16)5-4-8-18-15/h3-8,12-13,17,20H,9-11H2,1-2H3. The van der Waals surface area contributed by atoms with Gasteiger partial charge in [-0.15, -0.1) is 0 Å². The molecule has 0 radical (unpaired) electrons. The second-order valence-corrected chi connectivity index (χ2v) is 5.98. The van der Waals surface area contributed by atoms with Crippen LogP contribution in [0.5, 0.6) is 0 Å². The number of hydrogen-bond donors (Lipinski definition) is 1. The van der Waals surface area contributed by atoms with E-state index in [4.69, 9.17) is 4.74 Å². The Morgan fingerprint density at radius 1 is 1.29 bits per heavy atom. The number of benzene rings is 1. The van der Waals surface area contributed by atoms with Gasteiger partial charge in [-0.25, -0.2) is 0 Å². The molecular formula is C17H22N2O2. The zero-order chi connectivity index (χ0) is 14.8. The van der Waals surface area contributed by atoms with E-state index in [1.807, 2.05) is 24.4 Å². The molecule has 0 aliphatic carbocycles. The minimum Gasteiger partial charge on any atom is -0.370 e. The number of piperidine rings is 1. The van der Waals surface area contributed by atoms with Gasteiger partial charge in [0.25, 0.3) is 0 Å². The van der Waals surface area contributed by atoms with Gasteiger partial charge in [0.2, 0.25) is 0 Å². The monoisotopic (exact) mass is 286 g/mol. The average Bonchev–Trinajstić information content (AvgIpc) is 2.53. The van der Waals surface area contributed by atoms with E-state index in [1.165, 1.54) is 11.1 Å². The van der Waals surface area contributed by atoms with Crippen LogP contribution in [0.3, 0.4) is 0 Å². The highest BCUT2D eigenvalue weighted by atomic mass is 16.6. The summed E-state index contributed by atoms with van der Waals surface area (Å²) in [4.78, 5) is 6.78. The predicted molar refractivity (Wildman–Crippen MR) is 84.2 cm³/mol. The van der Waals surface area contributed by atoms with Gasteiger partial charge in [0.1, 0.15) is 0 Å². The summed E-state index contributed by atoms with van der Waals surface area (Å²) < 4.78 is 5.13.